The van der Waals surface area contributed by atoms with E-state index in [0.29, 0.717) is 19.1 Å². The Morgan fingerprint density at radius 3 is 2.74 bits per heavy atom. The Balaban J connectivity index is 1.59. The standard InChI is InChI=1S/C18H27N3O2/c1-18(5-9-21(2)10-6-18)17(22)20-16-13-23-12-15(16)11-14-3-7-19-8-4-14/h3-4,7-8,15-16H,5-6,9-13H2,1-2H3,(H,20,22)/t15-,16-/m1/s1. The zero-order chi connectivity index (χ0) is 16.3. The van der Waals surface area contributed by atoms with Crippen molar-refractivity contribution in [2.24, 2.45) is 11.3 Å². The van der Waals surface area contributed by atoms with Gasteiger partial charge >= 0.3 is 0 Å². The summed E-state index contributed by atoms with van der Waals surface area (Å²) in [4.78, 5) is 19.1. The maximum atomic E-state index is 12.8. The van der Waals surface area contributed by atoms with Crippen LogP contribution >= 0.6 is 0 Å². The Labute approximate surface area is 138 Å². The van der Waals surface area contributed by atoms with E-state index >= 15 is 0 Å². The molecule has 3 heterocycles. The number of amides is 1. The van der Waals surface area contributed by atoms with Crippen LogP contribution in [0.1, 0.15) is 25.3 Å². The number of hydrogen-bond donors (Lipinski definition) is 1. The average molecular weight is 317 g/mol. The maximum Gasteiger partial charge on any atom is 0.226 e. The highest BCUT2D eigenvalue weighted by Gasteiger charge is 2.39. The predicted octanol–water partition coefficient (Wildman–Crippen LogP) is 1.49. The van der Waals surface area contributed by atoms with Crippen molar-refractivity contribution in [2.75, 3.05) is 33.4 Å². The number of hydrogen-bond acceptors (Lipinski definition) is 4. The van der Waals surface area contributed by atoms with Gasteiger partial charge in [0.05, 0.1) is 19.3 Å². The number of nitrogens with zero attached hydrogens (tertiary/aromatic N) is 2. The molecule has 0 bridgehead atoms. The Hall–Kier alpha value is -1.46. The number of likely N-dealkylation sites (tertiary alicyclic amines) is 1. The fraction of sp³-hybridized carbons (Fsp3) is 0.667. The lowest BCUT2D eigenvalue weighted by Gasteiger charge is -2.37. The number of ether oxygens (including phenoxy) is 1. The quantitative estimate of drug-likeness (QED) is 0.914. The molecule has 126 valence electrons. The van der Waals surface area contributed by atoms with Crippen LogP contribution in [0, 0.1) is 11.3 Å². The van der Waals surface area contributed by atoms with E-state index in [9.17, 15) is 4.79 Å². The Morgan fingerprint density at radius 2 is 2.04 bits per heavy atom. The molecule has 2 saturated heterocycles. The van der Waals surface area contributed by atoms with Crippen molar-refractivity contribution in [1.82, 2.24) is 15.2 Å². The second-order valence-corrected chi connectivity index (χ2v) is 7.30. The minimum Gasteiger partial charge on any atom is -0.379 e. The first-order valence-electron chi connectivity index (χ1n) is 8.53. The Bertz CT molecular complexity index is 526. The van der Waals surface area contributed by atoms with Gasteiger partial charge in [0.25, 0.3) is 0 Å². The lowest BCUT2D eigenvalue weighted by atomic mass is 9.79. The number of rotatable bonds is 4. The molecule has 5 heteroatoms. The first kappa shape index (κ1) is 16.4. The van der Waals surface area contributed by atoms with Crippen molar-refractivity contribution in [3.8, 4) is 0 Å². The zero-order valence-electron chi connectivity index (χ0n) is 14.1. The summed E-state index contributed by atoms with van der Waals surface area (Å²) in [6, 6.07) is 4.19. The Kier molecular flexibility index (Phi) is 4.97. The molecule has 2 aliphatic rings. The molecular weight excluding hydrogens is 290 g/mol. The summed E-state index contributed by atoms with van der Waals surface area (Å²) in [5.74, 6) is 0.539. The molecule has 1 amide bonds. The van der Waals surface area contributed by atoms with Crippen LogP contribution in [0.5, 0.6) is 0 Å². The maximum absolute atomic E-state index is 12.8. The lowest BCUT2D eigenvalue weighted by molar-refractivity contribution is -0.133. The van der Waals surface area contributed by atoms with Gasteiger partial charge in [0.1, 0.15) is 0 Å². The predicted molar refractivity (Wildman–Crippen MR) is 89.0 cm³/mol. The summed E-state index contributed by atoms with van der Waals surface area (Å²) in [6.07, 6.45) is 6.42. The molecule has 0 saturated carbocycles. The van der Waals surface area contributed by atoms with Crippen LogP contribution < -0.4 is 5.32 Å². The largest absolute Gasteiger partial charge is 0.379 e. The molecule has 0 spiro atoms. The van der Waals surface area contributed by atoms with Crippen molar-refractivity contribution in [3.63, 3.8) is 0 Å². The van der Waals surface area contributed by atoms with Gasteiger partial charge in [-0.15, -0.1) is 0 Å². The van der Waals surface area contributed by atoms with Crippen LogP contribution in [-0.4, -0.2) is 55.2 Å². The SMILES string of the molecule is CN1CCC(C)(C(=O)N[C@@H]2COC[C@H]2Cc2ccncc2)CC1. The molecule has 2 aliphatic heterocycles. The number of pyridine rings is 1. The number of carbonyl (C=O) groups excluding carboxylic acids is 1. The number of carbonyl (C=O) groups is 1. The van der Waals surface area contributed by atoms with Crippen LogP contribution in [-0.2, 0) is 16.0 Å². The van der Waals surface area contributed by atoms with E-state index in [-0.39, 0.29) is 17.4 Å². The fourth-order valence-corrected chi connectivity index (χ4v) is 3.46. The monoisotopic (exact) mass is 317 g/mol. The molecule has 5 nitrogen and oxygen atoms in total. The number of piperidine rings is 1. The molecule has 0 radical (unpaired) electrons. The highest BCUT2D eigenvalue weighted by Crippen LogP contribution is 2.31. The van der Waals surface area contributed by atoms with Crippen LogP contribution in [0.4, 0.5) is 0 Å². The van der Waals surface area contributed by atoms with E-state index in [0.717, 1.165) is 32.4 Å². The lowest BCUT2D eigenvalue weighted by Crippen LogP contribution is -2.51. The second kappa shape index (κ2) is 6.97. The molecule has 3 rings (SSSR count). The van der Waals surface area contributed by atoms with Crippen molar-refractivity contribution >= 4 is 5.91 Å². The first-order valence-corrected chi connectivity index (χ1v) is 8.53. The molecule has 2 fully saturated rings. The topological polar surface area (TPSA) is 54.5 Å². The summed E-state index contributed by atoms with van der Waals surface area (Å²) in [5, 5.41) is 3.28. The third-order valence-corrected chi connectivity index (χ3v) is 5.40. The summed E-state index contributed by atoms with van der Waals surface area (Å²) < 4.78 is 5.64. The third kappa shape index (κ3) is 3.90. The molecule has 23 heavy (non-hydrogen) atoms. The molecule has 0 unspecified atom stereocenters. The number of aromatic nitrogens is 1. The van der Waals surface area contributed by atoms with Gasteiger partial charge in [-0.05, 0) is 57.1 Å². The van der Waals surface area contributed by atoms with Gasteiger partial charge in [-0.2, -0.15) is 0 Å². The summed E-state index contributed by atoms with van der Waals surface area (Å²) in [7, 11) is 2.12. The number of nitrogens with one attached hydrogen (secondary N) is 1. The van der Waals surface area contributed by atoms with Crippen LogP contribution in [0.15, 0.2) is 24.5 Å². The van der Waals surface area contributed by atoms with Crippen LogP contribution in [0.25, 0.3) is 0 Å². The van der Waals surface area contributed by atoms with Gasteiger partial charge in [0.2, 0.25) is 5.91 Å². The Morgan fingerprint density at radius 1 is 1.35 bits per heavy atom. The minimum atomic E-state index is -0.240. The fourth-order valence-electron chi connectivity index (χ4n) is 3.46. The van der Waals surface area contributed by atoms with Gasteiger partial charge in [-0.25, -0.2) is 0 Å². The van der Waals surface area contributed by atoms with E-state index in [1.807, 2.05) is 24.5 Å². The summed E-state index contributed by atoms with van der Waals surface area (Å²) in [5.41, 5.74) is 1.01. The second-order valence-electron chi connectivity index (χ2n) is 7.30. The van der Waals surface area contributed by atoms with E-state index < -0.39 is 0 Å². The smallest absolute Gasteiger partial charge is 0.226 e. The van der Waals surface area contributed by atoms with Gasteiger partial charge in [-0.1, -0.05) is 6.92 Å². The highest BCUT2D eigenvalue weighted by molar-refractivity contribution is 5.82. The summed E-state index contributed by atoms with van der Waals surface area (Å²) >= 11 is 0. The molecule has 1 aromatic rings. The van der Waals surface area contributed by atoms with Crippen molar-refractivity contribution < 1.29 is 9.53 Å². The van der Waals surface area contributed by atoms with Crippen molar-refractivity contribution in [1.29, 1.82) is 0 Å². The highest BCUT2D eigenvalue weighted by atomic mass is 16.5. The van der Waals surface area contributed by atoms with E-state index in [2.05, 4.69) is 29.2 Å². The van der Waals surface area contributed by atoms with Gasteiger partial charge < -0.3 is 15.0 Å². The normalized spacial score (nSPS) is 27.7. The molecule has 0 aliphatic carbocycles. The van der Waals surface area contributed by atoms with Crippen LogP contribution in [0.3, 0.4) is 0 Å². The van der Waals surface area contributed by atoms with Crippen molar-refractivity contribution in [2.45, 2.75) is 32.2 Å². The molecular formula is C18H27N3O2. The first-order chi connectivity index (χ1) is 11.1. The van der Waals surface area contributed by atoms with E-state index in [4.69, 9.17) is 4.74 Å². The third-order valence-electron chi connectivity index (χ3n) is 5.40. The molecule has 1 aromatic heterocycles. The van der Waals surface area contributed by atoms with E-state index in [1.165, 1.54) is 5.56 Å². The van der Waals surface area contributed by atoms with Crippen LogP contribution in [0.2, 0.25) is 0 Å². The average Bonchev–Trinajstić information content (AvgIpc) is 2.98. The van der Waals surface area contributed by atoms with Gasteiger partial charge in [-0.3, -0.25) is 9.78 Å². The zero-order valence-corrected chi connectivity index (χ0v) is 14.1. The molecule has 0 aromatic carbocycles. The summed E-state index contributed by atoms with van der Waals surface area (Å²) in [6.45, 7) is 5.42. The van der Waals surface area contributed by atoms with Crippen molar-refractivity contribution in [3.05, 3.63) is 30.1 Å². The molecule has 1 N–H and O–H groups in total. The van der Waals surface area contributed by atoms with E-state index in [1.54, 1.807) is 0 Å². The molecule has 2 atom stereocenters. The minimum absolute atomic E-state index is 0.118. The van der Waals surface area contributed by atoms with Gasteiger partial charge in [0, 0.05) is 23.7 Å². The van der Waals surface area contributed by atoms with Gasteiger partial charge in [0.15, 0.2) is 0 Å².